The number of azide groups is 1. The molecule has 1 aliphatic rings. The monoisotopic (exact) mass is 397 g/mol. The molecule has 29 heavy (non-hydrogen) atoms. The Kier molecular flexibility index (Phi) is 7.75. The van der Waals surface area contributed by atoms with E-state index in [1.807, 2.05) is 60.7 Å². The Morgan fingerprint density at radius 3 is 2.14 bits per heavy atom. The molecule has 2 aromatic rings. The molecule has 0 aromatic heterocycles. The van der Waals surface area contributed by atoms with Gasteiger partial charge in [-0.15, -0.1) is 0 Å². The molecule has 1 aliphatic heterocycles. The van der Waals surface area contributed by atoms with Gasteiger partial charge >= 0.3 is 0 Å². The van der Waals surface area contributed by atoms with Gasteiger partial charge in [0.2, 0.25) is 0 Å². The third kappa shape index (κ3) is 5.63. The number of carbonyl (C=O) groups is 1. The van der Waals surface area contributed by atoms with E-state index in [2.05, 4.69) is 10.0 Å². The lowest BCUT2D eigenvalue weighted by Gasteiger charge is -2.39. The zero-order chi connectivity index (χ0) is 20.5. The normalized spacial score (nSPS) is 24.1. The quantitative estimate of drug-likeness (QED) is 0.366. The molecule has 0 amide bonds. The smallest absolute Gasteiger partial charge is 0.193 e. The lowest BCUT2D eigenvalue weighted by Crippen LogP contribution is -2.58. The number of nitrogens with zero attached hydrogens (tertiary/aromatic N) is 3. The van der Waals surface area contributed by atoms with Gasteiger partial charge in [-0.2, -0.15) is 0 Å². The van der Waals surface area contributed by atoms with Crippen molar-refractivity contribution < 1.29 is 23.7 Å². The highest BCUT2D eigenvalue weighted by Gasteiger charge is 2.46. The molecular formula is C21H23N3O5. The summed E-state index contributed by atoms with van der Waals surface area (Å²) in [7, 11) is 1.47. The molecule has 4 atom stereocenters. The van der Waals surface area contributed by atoms with Crippen LogP contribution in [0.2, 0.25) is 0 Å². The first kappa shape index (κ1) is 21.0. The maximum absolute atomic E-state index is 13.0. The number of methoxy groups -OCH3 is 1. The largest absolute Gasteiger partial charge is 0.365 e. The van der Waals surface area contributed by atoms with Crippen molar-refractivity contribution in [1.29, 1.82) is 0 Å². The van der Waals surface area contributed by atoms with Crippen LogP contribution in [0, 0.1) is 0 Å². The molecule has 8 nitrogen and oxygen atoms in total. The van der Waals surface area contributed by atoms with Crippen LogP contribution in [0.25, 0.3) is 10.4 Å². The van der Waals surface area contributed by atoms with Crippen LogP contribution < -0.4 is 0 Å². The fourth-order valence-electron chi connectivity index (χ4n) is 3.10. The zero-order valence-corrected chi connectivity index (χ0v) is 16.1. The van der Waals surface area contributed by atoms with Crippen LogP contribution in [0.4, 0.5) is 0 Å². The highest BCUT2D eigenvalue weighted by molar-refractivity contribution is 5.89. The van der Waals surface area contributed by atoms with E-state index in [1.54, 1.807) is 0 Å². The molecule has 8 heteroatoms. The van der Waals surface area contributed by atoms with Crippen LogP contribution in [-0.2, 0) is 37.0 Å². The zero-order valence-electron chi connectivity index (χ0n) is 16.1. The maximum atomic E-state index is 13.0. The summed E-state index contributed by atoms with van der Waals surface area (Å²) in [4.78, 5) is 15.7. The van der Waals surface area contributed by atoms with E-state index >= 15 is 0 Å². The standard InChI is InChI=1S/C21H23N3O5/c1-26-21-20(28-14-16-10-6-3-7-11-16)19(18(25)17(29-21)12-23-24-22)27-13-15-8-4-2-5-9-15/h2-11,17,19-21H,12-14H2,1H3/t17-,19+,20-,21+/m1/s1. The van der Waals surface area contributed by atoms with E-state index in [0.717, 1.165) is 11.1 Å². The number of hydrogen-bond acceptors (Lipinski definition) is 6. The fraction of sp³-hybridized carbons (Fsp3) is 0.381. The van der Waals surface area contributed by atoms with Gasteiger partial charge in [0.15, 0.2) is 12.1 Å². The van der Waals surface area contributed by atoms with Gasteiger partial charge in [0.05, 0.1) is 19.8 Å². The summed E-state index contributed by atoms with van der Waals surface area (Å²) in [6.07, 6.45) is -3.47. The highest BCUT2D eigenvalue weighted by atomic mass is 16.7. The lowest BCUT2D eigenvalue weighted by atomic mass is 10.00. The van der Waals surface area contributed by atoms with E-state index in [1.165, 1.54) is 7.11 Å². The second kappa shape index (κ2) is 10.7. The fourth-order valence-corrected chi connectivity index (χ4v) is 3.10. The number of benzene rings is 2. The molecular weight excluding hydrogens is 374 g/mol. The summed E-state index contributed by atoms with van der Waals surface area (Å²) >= 11 is 0. The maximum Gasteiger partial charge on any atom is 0.193 e. The third-order valence-corrected chi connectivity index (χ3v) is 4.56. The van der Waals surface area contributed by atoms with Crippen LogP contribution in [0.3, 0.4) is 0 Å². The Bertz CT molecular complexity index is 827. The van der Waals surface area contributed by atoms with Crippen LogP contribution in [0.15, 0.2) is 65.8 Å². The predicted octanol–water partition coefficient (Wildman–Crippen LogP) is 3.41. The van der Waals surface area contributed by atoms with Crippen LogP contribution in [-0.4, -0.2) is 44.0 Å². The van der Waals surface area contributed by atoms with Gasteiger partial charge < -0.3 is 18.9 Å². The van der Waals surface area contributed by atoms with Gasteiger partial charge in [0, 0.05) is 12.0 Å². The van der Waals surface area contributed by atoms with Crippen molar-refractivity contribution in [2.75, 3.05) is 13.7 Å². The summed E-state index contributed by atoms with van der Waals surface area (Å²) in [6, 6.07) is 19.1. The Morgan fingerprint density at radius 1 is 1.00 bits per heavy atom. The van der Waals surface area contributed by atoms with Crippen molar-refractivity contribution in [3.8, 4) is 0 Å². The van der Waals surface area contributed by atoms with Gasteiger partial charge in [-0.3, -0.25) is 4.79 Å². The van der Waals surface area contributed by atoms with Crippen molar-refractivity contribution in [2.45, 2.75) is 37.8 Å². The number of ether oxygens (including phenoxy) is 4. The predicted molar refractivity (Wildman–Crippen MR) is 105 cm³/mol. The Hall–Kier alpha value is -2.74. The first-order valence-corrected chi connectivity index (χ1v) is 9.27. The molecule has 0 spiro atoms. The summed E-state index contributed by atoms with van der Waals surface area (Å²) in [5.41, 5.74) is 10.5. The van der Waals surface area contributed by atoms with Crippen molar-refractivity contribution in [3.05, 3.63) is 82.2 Å². The van der Waals surface area contributed by atoms with Gasteiger partial charge in [0.25, 0.3) is 0 Å². The number of ketones is 1. The van der Waals surface area contributed by atoms with Gasteiger partial charge in [-0.05, 0) is 16.7 Å². The topological polar surface area (TPSA) is 103 Å². The summed E-state index contributed by atoms with van der Waals surface area (Å²) in [5.74, 6) is -0.334. The first-order valence-electron chi connectivity index (χ1n) is 9.27. The molecule has 1 heterocycles. The number of rotatable bonds is 9. The molecule has 0 aliphatic carbocycles. The first-order chi connectivity index (χ1) is 14.2. The molecule has 0 bridgehead atoms. The number of hydrogen-bond donors (Lipinski definition) is 0. The molecule has 2 aromatic carbocycles. The Morgan fingerprint density at radius 2 is 1.59 bits per heavy atom. The second-order valence-corrected chi connectivity index (χ2v) is 6.52. The third-order valence-electron chi connectivity index (χ3n) is 4.56. The average Bonchev–Trinajstić information content (AvgIpc) is 2.77. The molecule has 0 saturated carbocycles. The van der Waals surface area contributed by atoms with Crippen molar-refractivity contribution in [2.24, 2.45) is 5.11 Å². The van der Waals surface area contributed by atoms with Gasteiger partial charge in [0.1, 0.15) is 18.3 Å². The summed E-state index contributed by atoms with van der Waals surface area (Å²) in [5, 5.41) is 3.47. The van der Waals surface area contributed by atoms with Crippen LogP contribution in [0.5, 0.6) is 0 Å². The minimum absolute atomic E-state index is 0.133. The van der Waals surface area contributed by atoms with E-state index in [9.17, 15) is 4.79 Å². The van der Waals surface area contributed by atoms with Crippen molar-refractivity contribution >= 4 is 5.78 Å². The van der Waals surface area contributed by atoms with Gasteiger partial charge in [-0.1, -0.05) is 65.8 Å². The van der Waals surface area contributed by atoms with E-state index in [0.29, 0.717) is 0 Å². The van der Waals surface area contributed by atoms with E-state index < -0.39 is 24.6 Å². The minimum atomic E-state index is -0.951. The Balaban J connectivity index is 1.77. The van der Waals surface area contributed by atoms with E-state index in [-0.39, 0.29) is 25.5 Å². The molecule has 1 saturated heterocycles. The highest BCUT2D eigenvalue weighted by Crippen LogP contribution is 2.26. The number of Topliss-reactive ketones (excluding diaryl/α,β-unsaturated/α-hetero) is 1. The van der Waals surface area contributed by atoms with E-state index in [4.69, 9.17) is 24.5 Å². The van der Waals surface area contributed by atoms with Crippen molar-refractivity contribution in [3.63, 3.8) is 0 Å². The lowest BCUT2D eigenvalue weighted by molar-refractivity contribution is -0.263. The minimum Gasteiger partial charge on any atom is -0.365 e. The van der Waals surface area contributed by atoms with Crippen LogP contribution in [0.1, 0.15) is 11.1 Å². The Labute approximate surface area is 169 Å². The van der Waals surface area contributed by atoms with Crippen LogP contribution >= 0.6 is 0 Å². The molecule has 1 fully saturated rings. The summed E-state index contributed by atoms with van der Waals surface area (Å²) in [6.45, 7) is 0.368. The molecule has 0 unspecified atom stereocenters. The second-order valence-electron chi connectivity index (χ2n) is 6.52. The number of carbonyl (C=O) groups excluding carboxylic acids is 1. The van der Waals surface area contributed by atoms with Crippen molar-refractivity contribution in [1.82, 2.24) is 0 Å². The molecule has 3 rings (SSSR count). The average molecular weight is 397 g/mol. The van der Waals surface area contributed by atoms with Gasteiger partial charge in [-0.25, -0.2) is 0 Å². The molecule has 0 N–H and O–H groups in total. The SMILES string of the molecule is CO[C@H]1O[C@H](CN=[N+]=[N-])C(=O)[C@H](OCc2ccccc2)[C@H]1OCc1ccccc1. The molecule has 152 valence electrons. The summed E-state index contributed by atoms with van der Waals surface area (Å²) < 4.78 is 23.1. The molecule has 0 radical (unpaired) electrons.